The van der Waals surface area contributed by atoms with Crippen molar-refractivity contribution < 1.29 is 8.42 Å². The van der Waals surface area contributed by atoms with Crippen molar-refractivity contribution in [1.82, 2.24) is 9.62 Å². The van der Waals surface area contributed by atoms with E-state index in [1.54, 1.807) is 12.1 Å². The number of hydrogen-bond donors (Lipinski definition) is 1. The summed E-state index contributed by atoms with van der Waals surface area (Å²) >= 11 is 11.9. The lowest BCUT2D eigenvalue weighted by molar-refractivity contribution is 0.251. The number of fused-ring (bicyclic) bond motifs is 1. The standard InChI is InChI=1S/C18H20Cl2N2O2S/c19-16-7-3-8-17(18(16)20)25(23,24)21-10-4-11-22-12-9-14-5-1-2-6-15(14)13-22/h1-3,5-8,21H,4,9-13H2. The minimum atomic E-state index is -3.65. The van der Waals surface area contributed by atoms with Crippen LogP contribution in [0.2, 0.25) is 10.0 Å². The maximum Gasteiger partial charge on any atom is 0.242 e. The number of nitrogens with one attached hydrogen (secondary N) is 1. The van der Waals surface area contributed by atoms with E-state index >= 15 is 0 Å². The van der Waals surface area contributed by atoms with Gasteiger partial charge in [0.15, 0.2) is 0 Å². The van der Waals surface area contributed by atoms with Crippen molar-refractivity contribution in [2.24, 2.45) is 0 Å². The molecule has 0 radical (unpaired) electrons. The second-order valence-electron chi connectivity index (χ2n) is 6.10. The second kappa shape index (κ2) is 8.06. The van der Waals surface area contributed by atoms with Crippen LogP contribution in [-0.2, 0) is 23.0 Å². The summed E-state index contributed by atoms with van der Waals surface area (Å²) in [5, 5.41) is 0.292. The Bertz CT molecular complexity index is 856. The molecule has 0 aliphatic carbocycles. The quantitative estimate of drug-likeness (QED) is 0.754. The van der Waals surface area contributed by atoms with Crippen molar-refractivity contribution in [3.63, 3.8) is 0 Å². The molecule has 0 atom stereocenters. The predicted octanol–water partition coefficient (Wildman–Crippen LogP) is 3.72. The molecule has 134 valence electrons. The number of hydrogen-bond acceptors (Lipinski definition) is 3. The zero-order chi connectivity index (χ0) is 17.9. The number of sulfonamides is 1. The van der Waals surface area contributed by atoms with Gasteiger partial charge in [-0.3, -0.25) is 4.90 Å². The topological polar surface area (TPSA) is 49.4 Å². The third-order valence-electron chi connectivity index (χ3n) is 4.36. The van der Waals surface area contributed by atoms with Crippen LogP contribution in [0.1, 0.15) is 17.5 Å². The molecule has 0 spiro atoms. The molecular formula is C18H20Cl2N2O2S. The lowest BCUT2D eigenvalue weighted by Gasteiger charge is -2.28. The molecule has 1 N–H and O–H groups in total. The molecule has 0 saturated carbocycles. The molecule has 2 aromatic rings. The molecule has 4 nitrogen and oxygen atoms in total. The van der Waals surface area contributed by atoms with E-state index in [1.165, 1.54) is 17.2 Å². The van der Waals surface area contributed by atoms with E-state index in [4.69, 9.17) is 23.2 Å². The average molecular weight is 399 g/mol. The number of rotatable bonds is 6. The minimum Gasteiger partial charge on any atom is -0.299 e. The van der Waals surface area contributed by atoms with Crippen LogP contribution < -0.4 is 4.72 Å². The molecule has 3 rings (SSSR count). The normalized spacial score (nSPS) is 15.1. The SMILES string of the molecule is O=S(=O)(NCCCN1CCc2ccccc2C1)c1cccc(Cl)c1Cl. The first-order valence-electron chi connectivity index (χ1n) is 8.20. The maximum atomic E-state index is 12.4. The molecule has 7 heteroatoms. The van der Waals surface area contributed by atoms with Crippen LogP contribution in [0, 0.1) is 0 Å². The van der Waals surface area contributed by atoms with Crippen LogP contribution in [0.3, 0.4) is 0 Å². The van der Waals surface area contributed by atoms with Gasteiger partial charge < -0.3 is 0 Å². The summed E-state index contributed by atoms with van der Waals surface area (Å²) in [5.41, 5.74) is 2.77. The molecule has 0 fully saturated rings. The Morgan fingerprint density at radius 2 is 1.80 bits per heavy atom. The van der Waals surface area contributed by atoms with Crippen LogP contribution >= 0.6 is 23.2 Å². The first-order chi connectivity index (χ1) is 12.0. The van der Waals surface area contributed by atoms with Gasteiger partial charge in [0.05, 0.1) is 10.0 Å². The van der Waals surface area contributed by atoms with Gasteiger partial charge in [-0.1, -0.05) is 53.5 Å². The Hall–Kier alpha value is -1.11. The van der Waals surface area contributed by atoms with Crippen molar-refractivity contribution in [3.8, 4) is 0 Å². The zero-order valence-electron chi connectivity index (χ0n) is 13.7. The molecule has 25 heavy (non-hydrogen) atoms. The number of nitrogens with zero attached hydrogens (tertiary/aromatic N) is 1. The molecule has 1 heterocycles. The van der Waals surface area contributed by atoms with E-state index < -0.39 is 10.0 Å². The first kappa shape index (κ1) is 18.7. The van der Waals surface area contributed by atoms with Gasteiger partial charge in [-0.15, -0.1) is 0 Å². The molecular weight excluding hydrogens is 379 g/mol. The highest BCUT2D eigenvalue weighted by Crippen LogP contribution is 2.28. The van der Waals surface area contributed by atoms with Gasteiger partial charge >= 0.3 is 0 Å². The Morgan fingerprint density at radius 1 is 1.04 bits per heavy atom. The van der Waals surface area contributed by atoms with Gasteiger partial charge in [0.2, 0.25) is 10.0 Å². The molecule has 0 bridgehead atoms. The van der Waals surface area contributed by atoms with Crippen LogP contribution in [0.15, 0.2) is 47.4 Å². The highest BCUT2D eigenvalue weighted by atomic mass is 35.5. The van der Waals surface area contributed by atoms with Crippen LogP contribution in [-0.4, -0.2) is 33.0 Å². The van der Waals surface area contributed by atoms with Crippen molar-refractivity contribution in [2.45, 2.75) is 24.3 Å². The molecule has 0 aromatic heterocycles. The molecule has 0 unspecified atom stereocenters. The number of benzene rings is 2. The fourth-order valence-corrected chi connectivity index (χ4v) is 4.86. The summed E-state index contributed by atoms with van der Waals surface area (Å²) in [7, 11) is -3.65. The van der Waals surface area contributed by atoms with E-state index in [-0.39, 0.29) is 14.9 Å². The van der Waals surface area contributed by atoms with Crippen molar-refractivity contribution in [3.05, 3.63) is 63.6 Å². The summed E-state index contributed by atoms with van der Waals surface area (Å²) in [5.74, 6) is 0. The lowest BCUT2D eigenvalue weighted by atomic mass is 10.00. The summed E-state index contributed by atoms with van der Waals surface area (Å²) in [4.78, 5) is 2.37. The van der Waals surface area contributed by atoms with Crippen molar-refractivity contribution in [1.29, 1.82) is 0 Å². The van der Waals surface area contributed by atoms with Gasteiger partial charge in [0, 0.05) is 19.6 Å². The Morgan fingerprint density at radius 3 is 2.60 bits per heavy atom. The van der Waals surface area contributed by atoms with Crippen LogP contribution in [0.5, 0.6) is 0 Å². The van der Waals surface area contributed by atoms with E-state index in [0.29, 0.717) is 6.54 Å². The lowest BCUT2D eigenvalue weighted by Crippen LogP contribution is -2.33. The number of halogens is 2. The fraction of sp³-hybridized carbons (Fsp3) is 0.333. The van der Waals surface area contributed by atoms with Gasteiger partial charge in [-0.05, 0) is 42.6 Å². The third kappa shape index (κ3) is 4.54. The van der Waals surface area contributed by atoms with E-state index in [0.717, 1.165) is 32.5 Å². The summed E-state index contributed by atoms with van der Waals surface area (Å²) in [6.07, 6.45) is 1.78. The van der Waals surface area contributed by atoms with Gasteiger partial charge in [-0.2, -0.15) is 0 Å². The van der Waals surface area contributed by atoms with Crippen LogP contribution in [0.25, 0.3) is 0 Å². The Balaban J connectivity index is 1.51. The van der Waals surface area contributed by atoms with Gasteiger partial charge in [-0.25, -0.2) is 13.1 Å². The zero-order valence-corrected chi connectivity index (χ0v) is 16.0. The van der Waals surface area contributed by atoms with Gasteiger partial charge in [0.25, 0.3) is 0 Å². The molecule has 1 aliphatic rings. The molecule has 2 aromatic carbocycles. The summed E-state index contributed by atoms with van der Waals surface area (Å²) in [6, 6.07) is 13.1. The largest absolute Gasteiger partial charge is 0.299 e. The highest BCUT2D eigenvalue weighted by molar-refractivity contribution is 7.89. The predicted molar refractivity (Wildman–Crippen MR) is 102 cm³/mol. The maximum absolute atomic E-state index is 12.4. The first-order valence-corrected chi connectivity index (χ1v) is 10.4. The fourth-order valence-electron chi connectivity index (χ4n) is 3.02. The highest BCUT2D eigenvalue weighted by Gasteiger charge is 2.19. The van der Waals surface area contributed by atoms with E-state index in [2.05, 4.69) is 33.9 Å². The monoisotopic (exact) mass is 398 g/mol. The molecule has 0 saturated heterocycles. The molecule has 0 amide bonds. The summed E-state index contributed by atoms with van der Waals surface area (Å²) < 4.78 is 27.3. The minimum absolute atomic E-state index is 0.0218. The third-order valence-corrected chi connectivity index (χ3v) is 6.79. The van der Waals surface area contributed by atoms with Crippen LogP contribution in [0.4, 0.5) is 0 Å². The Labute approximate surface area is 158 Å². The van der Waals surface area contributed by atoms with E-state index in [9.17, 15) is 8.42 Å². The smallest absolute Gasteiger partial charge is 0.242 e. The van der Waals surface area contributed by atoms with Crippen molar-refractivity contribution in [2.75, 3.05) is 19.6 Å². The summed E-state index contributed by atoms with van der Waals surface area (Å²) in [6.45, 7) is 3.14. The van der Waals surface area contributed by atoms with E-state index in [1.807, 2.05) is 0 Å². The van der Waals surface area contributed by atoms with Crippen molar-refractivity contribution >= 4 is 33.2 Å². The Kier molecular flexibility index (Phi) is 6.02. The average Bonchev–Trinajstić information content (AvgIpc) is 2.61. The second-order valence-corrected chi connectivity index (χ2v) is 8.62. The molecule has 1 aliphatic heterocycles. The van der Waals surface area contributed by atoms with Gasteiger partial charge in [0.1, 0.15) is 4.90 Å².